The molecular weight excluding hydrogens is 314 g/mol. The predicted molar refractivity (Wildman–Crippen MR) is 83.8 cm³/mol. The molecule has 2 aromatic rings. The smallest absolute Gasteiger partial charge is 0.0874 e. The summed E-state index contributed by atoms with van der Waals surface area (Å²) in [7, 11) is 0. The second-order valence-electron chi connectivity index (χ2n) is 5.50. The molecule has 20 heavy (non-hydrogen) atoms. The first-order valence-corrected chi connectivity index (χ1v) is 7.84. The van der Waals surface area contributed by atoms with E-state index < -0.39 is 6.10 Å². The number of nitrogens with zero attached hydrogens (tertiary/aromatic N) is 1. The van der Waals surface area contributed by atoms with Gasteiger partial charge in [0.25, 0.3) is 0 Å². The van der Waals surface area contributed by atoms with Crippen molar-refractivity contribution in [3.63, 3.8) is 0 Å². The topological polar surface area (TPSA) is 33.1 Å². The highest BCUT2D eigenvalue weighted by atomic mass is 79.9. The highest BCUT2D eigenvalue weighted by Crippen LogP contribution is 2.39. The molecule has 0 saturated heterocycles. The fourth-order valence-corrected chi connectivity index (χ4v) is 3.37. The van der Waals surface area contributed by atoms with Crippen molar-refractivity contribution in [3.8, 4) is 0 Å². The van der Waals surface area contributed by atoms with Crippen molar-refractivity contribution in [2.24, 2.45) is 0 Å². The summed E-state index contributed by atoms with van der Waals surface area (Å²) in [4.78, 5) is 4.52. The number of aliphatic hydroxyl groups is 1. The van der Waals surface area contributed by atoms with Gasteiger partial charge in [-0.2, -0.15) is 0 Å². The van der Waals surface area contributed by atoms with Gasteiger partial charge in [0.2, 0.25) is 0 Å². The Morgan fingerprint density at radius 2 is 2.20 bits per heavy atom. The van der Waals surface area contributed by atoms with Crippen molar-refractivity contribution in [2.75, 3.05) is 0 Å². The number of halogens is 1. The van der Waals surface area contributed by atoms with Crippen molar-refractivity contribution in [3.05, 3.63) is 63.4 Å². The minimum atomic E-state index is -0.485. The summed E-state index contributed by atoms with van der Waals surface area (Å²) in [6, 6.07) is 10.2. The van der Waals surface area contributed by atoms with Gasteiger partial charge in [-0.1, -0.05) is 34.1 Å². The van der Waals surface area contributed by atoms with Gasteiger partial charge >= 0.3 is 0 Å². The van der Waals surface area contributed by atoms with Crippen LogP contribution in [0, 0.1) is 6.92 Å². The van der Waals surface area contributed by atoms with Crippen molar-refractivity contribution in [1.29, 1.82) is 0 Å². The number of hydrogen-bond donors (Lipinski definition) is 1. The number of fused-ring (bicyclic) bond motifs is 1. The van der Waals surface area contributed by atoms with Crippen LogP contribution < -0.4 is 0 Å². The molecule has 3 rings (SSSR count). The van der Waals surface area contributed by atoms with Crippen LogP contribution in [0.3, 0.4) is 0 Å². The molecule has 1 aliphatic carbocycles. The fourth-order valence-electron chi connectivity index (χ4n) is 2.98. The number of benzene rings is 1. The molecule has 3 heteroatoms. The lowest BCUT2D eigenvalue weighted by molar-refractivity contribution is 0.134. The van der Waals surface area contributed by atoms with Crippen LogP contribution in [0.1, 0.15) is 47.2 Å². The maximum Gasteiger partial charge on any atom is 0.0874 e. The molecule has 0 fully saturated rings. The van der Waals surface area contributed by atoms with E-state index in [1.54, 1.807) is 0 Å². The normalized spacial score (nSPS) is 19.4. The summed E-state index contributed by atoms with van der Waals surface area (Å²) < 4.78 is 1.05. The molecule has 0 radical (unpaired) electrons. The predicted octanol–water partition coefficient (Wildman–Crippen LogP) is 4.31. The van der Waals surface area contributed by atoms with Gasteiger partial charge < -0.3 is 5.11 Å². The first kappa shape index (κ1) is 13.8. The Balaban J connectivity index is 1.95. The van der Waals surface area contributed by atoms with Crippen molar-refractivity contribution < 1.29 is 5.11 Å². The van der Waals surface area contributed by atoms with Crippen LogP contribution in [0.15, 0.2) is 41.0 Å². The van der Waals surface area contributed by atoms with Crippen LogP contribution >= 0.6 is 15.9 Å². The van der Waals surface area contributed by atoms with Gasteiger partial charge in [-0.15, -0.1) is 0 Å². The van der Waals surface area contributed by atoms with Crippen LogP contribution in [0.5, 0.6) is 0 Å². The van der Waals surface area contributed by atoms with Crippen molar-refractivity contribution in [1.82, 2.24) is 4.98 Å². The Morgan fingerprint density at radius 1 is 1.35 bits per heavy atom. The zero-order valence-electron chi connectivity index (χ0n) is 11.5. The summed E-state index contributed by atoms with van der Waals surface area (Å²) in [5, 5.41) is 10.7. The van der Waals surface area contributed by atoms with Crippen molar-refractivity contribution >= 4 is 15.9 Å². The second-order valence-corrected chi connectivity index (χ2v) is 6.35. The monoisotopic (exact) mass is 331 g/mol. The van der Waals surface area contributed by atoms with Crippen LogP contribution in [0.2, 0.25) is 0 Å². The minimum Gasteiger partial charge on any atom is -0.388 e. The molecule has 1 aromatic carbocycles. The van der Waals surface area contributed by atoms with E-state index in [4.69, 9.17) is 0 Å². The quantitative estimate of drug-likeness (QED) is 0.889. The maximum atomic E-state index is 10.7. The Bertz CT molecular complexity index is 626. The summed E-state index contributed by atoms with van der Waals surface area (Å²) in [6.07, 6.45) is 4.53. The number of pyridine rings is 1. The number of hydrogen-bond acceptors (Lipinski definition) is 2. The van der Waals surface area contributed by atoms with Crippen LogP contribution in [-0.4, -0.2) is 10.1 Å². The number of aromatic nitrogens is 1. The molecule has 0 aliphatic heterocycles. The molecular formula is C17H18BrNO. The summed E-state index contributed by atoms with van der Waals surface area (Å²) in [5.74, 6) is 0.106. The molecule has 2 nitrogen and oxygen atoms in total. The summed E-state index contributed by atoms with van der Waals surface area (Å²) in [6.45, 7) is 2.05. The Kier molecular flexibility index (Phi) is 3.90. The van der Waals surface area contributed by atoms with Gasteiger partial charge in [0.1, 0.15) is 0 Å². The zero-order chi connectivity index (χ0) is 14.1. The molecule has 2 atom stereocenters. The van der Waals surface area contributed by atoms with Gasteiger partial charge in [0.15, 0.2) is 0 Å². The maximum absolute atomic E-state index is 10.7. The van der Waals surface area contributed by atoms with Crippen LogP contribution in [0.4, 0.5) is 0 Å². The molecule has 1 aliphatic rings. The fraction of sp³-hybridized carbons (Fsp3) is 0.353. The van der Waals surface area contributed by atoms with Gasteiger partial charge in [-0.3, -0.25) is 4.98 Å². The molecule has 1 aromatic heterocycles. The molecule has 1 heterocycles. The van der Waals surface area contributed by atoms with E-state index in [2.05, 4.69) is 33.9 Å². The minimum absolute atomic E-state index is 0.106. The van der Waals surface area contributed by atoms with E-state index in [-0.39, 0.29) is 5.92 Å². The third-order valence-electron chi connectivity index (χ3n) is 4.16. The average Bonchev–Trinajstić information content (AvgIpc) is 2.49. The van der Waals surface area contributed by atoms with Crippen LogP contribution in [-0.2, 0) is 6.42 Å². The third-order valence-corrected chi connectivity index (χ3v) is 5.01. The highest BCUT2D eigenvalue weighted by molar-refractivity contribution is 9.10. The van der Waals surface area contributed by atoms with Gasteiger partial charge in [0, 0.05) is 22.3 Å². The largest absolute Gasteiger partial charge is 0.388 e. The molecule has 1 N–H and O–H groups in total. The number of aryl methyl sites for hydroxylation is 2. The number of aliphatic hydroxyl groups excluding tert-OH is 1. The van der Waals surface area contributed by atoms with Gasteiger partial charge in [0.05, 0.1) is 6.10 Å². The highest BCUT2D eigenvalue weighted by Gasteiger charge is 2.28. The van der Waals surface area contributed by atoms with Crippen molar-refractivity contribution in [2.45, 2.75) is 38.2 Å². The molecule has 2 unspecified atom stereocenters. The standard InChI is InChI=1S/C17H18BrNO/c1-11-7-8-13(10-15(11)18)17(20)14-6-2-4-12-5-3-9-19-16(12)14/h3,5,7-10,14,17,20H,2,4,6H2,1H3. The van der Waals surface area contributed by atoms with E-state index in [1.165, 1.54) is 11.1 Å². The molecule has 0 saturated carbocycles. The first-order chi connectivity index (χ1) is 9.66. The summed E-state index contributed by atoms with van der Waals surface area (Å²) >= 11 is 3.54. The van der Waals surface area contributed by atoms with Gasteiger partial charge in [-0.05, 0) is 55.0 Å². The first-order valence-electron chi connectivity index (χ1n) is 7.04. The third kappa shape index (κ3) is 2.52. The van der Waals surface area contributed by atoms with Gasteiger partial charge in [-0.25, -0.2) is 0 Å². The van der Waals surface area contributed by atoms with E-state index in [9.17, 15) is 5.11 Å². The Morgan fingerprint density at radius 3 is 3.00 bits per heavy atom. The molecule has 0 spiro atoms. The second kappa shape index (κ2) is 5.66. The SMILES string of the molecule is Cc1ccc(C(O)C2CCCc3cccnc32)cc1Br. The van der Waals surface area contributed by atoms with Crippen LogP contribution in [0.25, 0.3) is 0 Å². The molecule has 0 amide bonds. The van der Waals surface area contributed by atoms with E-state index in [0.717, 1.165) is 35.0 Å². The summed E-state index contributed by atoms with van der Waals surface area (Å²) in [5.41, 5.74) is 4.51. The van der Waals surface area contributed by atoms with E-state index in [1.807, 2.05) is 30.5 Å². The van der Waals surface area contributed by atoms with E-state index >= 15 is 0 Å². The lowest BCUT2D eigenvalue weighted by Crippen LogP contribution is -2.18. The molecule has 0 bridgehead atoms. The lowest BCUT2D eigenvalue weighted by Gasteiger charge is -2.28. The number of rotatable bonds is 2. The lowest BCUT2D eigenvalue weighted by atomic mass is 9.81. The average molecular weight is 332 g/mol. The van der Waals surface area contributed by atoms with E-state index in [0.29, 0.717) is 0 Å². The zero-order valence-corrected chi connectivity index (χ0v) is 13.1. The Hall–Kier alpha value is -1.19. The Labute approximate surface area is 128 Å². The molecule has 104 valence electrons.